The molecule has 5 rings (SSSR count). The Labute approximate surface area is 305 Å². The first-order chi connectivity index (χ1) is 25.1. The molecule has 53 heavy (non-hydrogen) atoms. The molecule has 0 aliphatic heterocycles. The lowest BCUT2D eigenvalue weighted by Crippen LogP contribution is -2.11. The Morgan fingerprint density at radius 2 is 0.943 bits per heavy atom. The number of hydrogen-bond donors (Lipinski definition) is 0. The number of allylic oxidation sites excluding steroid dienone is 2. The Morgan fingerprint density at radius 1 is 0.585 bits per heavy atom. The van der Waals surface area contributed by atoms with Crippen molar-refractivity contribution in [3.8, 4) is 22.6 Å². The van der Waals surface area contributed by atoms with Crippen LogP contribution in [0.3, 0.4) is 0 Å². The summed E-state index contributed by atoms with van der Waals surface area (Å²) in [6, 6.07) is 24.3. The zero-order chi connectivity index (χ0) is 38.6. The molecule has 0 N–H and O–H groups in total. The highest BCUT2D eigenvalue weighted by Gasteiger charge is 2.27. The quantitative estimate of drug-likeness (QED) is 0.0538. The molecule has 0 unspecified atom stereocenters. The van der Waals surface area contributed by atoms with E-state index in [2.05, 4.69) is 0 Å². The third-order valence-corrected chi connectivity index (χ3v) is 8.20. The minimum absolute atomic E-state index is 0.0420. The van der Waals surface area contributed by atoms with Gasteiger partial charge in [-0.05, 0) is 26.0 Å². The molecule has 0 aliphatic rings. The van der Waals surface area contributed by atoms with E-state index >= 15 is 0 Å². The minimum Gasteiger partial charge on any atom is -0.456 e. The molecule has 12 nitrogen and oxygen atoms in total. The first kappa shape index (κ1) is 37.3. The van der Waals surface area contributed by atoms with E-state index in [0.29, 0.717) is 11.1 Å². The van der Waals surface area contributed by atoms with Crippen molar-refractivity contribution in [2.75, 3.05) is 28.2 Å². The van der Waals surface area contributed by atoms with Gasteiger partial charge in [0.25, 0.3) is 11.4 Å². The summed E-state index contributed by atoms with van der Waals surface area (Å²) >= 11 is 0. The summed E-state index contributed by atoms with van der Waals surface area (Å²) in [6.07, 6.45) is 3.02. The molecule has 0 aliphatic carbocycles. The number of aryl methyl sites for hydroxylation is 2. The van der Waals surface area contributed by atoms with Crippen LogP contribution in [0.1, 0.15) is 43.0 Å². The van der Waals surface area contributed by atoms with Crippen LogP contribution in [0.4, 0.5) is 11.4 Å². The molecular weight excluding hydrogens is 676 g/mol. The Balaban J connectivity index is 1.59. The maximum absolute atomic E-state index is 13.6. The molecule has 0 saturated heterocycles. The van der Waals surface area contributed by atoms with Gasteiger partial charge in [0.1, 0.15) is 11.5 Å². The van der Waals surface area contributed by atoms with Crippen molar-refractivity contribution in [1.29, 1.82) is 0 Å². The first-order valence-electron chi connectivity index (χ1n) is 16.4. The van der Waals surface area contributed by atoms with Crippen LogP contribution in [-0.4, -0.2) is 59.4 Å². The summed E-state index contributed by atoms with van der Waals surface area (Å²) in [5, 5.41) is 24.9. The normalized spacial score (nSPS) is 11.6. The highest BCUT2D eigenvalue weighted by molar-refractivity contribution is 6.30. The summed E-state index contributed by atoms with van der Waals surface area (Å²) < 4.78 is 6.06. The molecule has 0 atom stereocenters. The van der Waals surface area contributed by atoms with Crippen LogP contribution in [-0.2, 0) is 0 Å². The standard InChI is InChI=1S/C41H36N4O8/c1-25-7-11-27(12-8-25)40(47)34(23-42(3)4)32-17-15-29(19-36(32)44(49)50)38-21-31(46)22-39(53-38)30-16-18-33(37(20-30)45(51)52)35(24-43(5)6)41(48)28-13-9-26(2)10-14-28/h7-24H,1-6H3/b34-23-,35-24-. The number of benzene rings is 4. The lowest BCUT2D eigenvalue weighted by Gasteiger charge is -2.14. The van der Waals surface area contributed by atoms with Gasteiger partial charge in [-0.15, -0.1) is 0 Å². The molecule has 0 spiro atoms. The third-order valence-electron chi connectivity index (χ3n) is 8.20. The number of rotatable bonds is 12. The maximum atomic E-state index is 13.6. The van der Waals surface area contributed by atoms with Crippen LogP contribution in [0.2, 0.25) is 0 Å². The summed E-state index contributed by atoms with van der Waals surface area (Å²) in [7, 11) is 6.78. The number of nitro benzene ring substituents is 2. The highest BCUT2D eigenvalue weighted by Crippen LogP contribution is 2.36. The average Bonchev–Trinajstić information content (AvgIpc) is 3.12. The predicted octanol–water partition coefficient (Wildman–Crippen LogP) is 7.98. The summed E-state index contributed by atoms with van der Waals surface area (Å²) in [6.45, 7) is 3.76. The van der Waals surface area contributed by atoms with Crippen LogP contribution in [0.15, 0.2) is 119 Å². The van der Waals surface area contributed by atoms with Gasteiger partial charge >= 0.3 is 0 Å². The molecule has 268 valence electrons. The van der Waals surface area contributed by atoms with E-state index in [0.717, 1.165) is 23.3 Å². The van der Waals surface area contributed by atoms with Gasteiger partial charge in [0.05, 0.1) is 32.1 Å². The second-order valence-corrected chi connectivity index (χ2v) is 12.9. The van der Waals surface area contributed by atoms with Gasteiger partial charge in [0, 0.05) is 87.1 Å². The van der Waals surface area contributed by atoms with E-state index in [1.165, 1.54) is 48.8 Å². The lowest BCUT2D eigenvalue weighted by molar-refractivity contribution is -0.385. The smallest absolute Gasteiger partial charge is 0.278 e. The molecule has 0 fully saturated rings. The van der Waals surface area contributed by atoms with Crippen LogP contribution in [0.5, 0.6) is 0 Å². The minimum atomic E-state index is -0.620. The van der Waals surface area contributed by atoms with Crippen LogP contribution in [0, 0.1) is 34.1 Å². The maximum Gasteiger partial charge on any atom is 0.278 e. The van der Waals surface area contributed by atoms with E-state index in [1.807, 2.05) is 13.8 Å². The van der Waals surface area contributed by atoms with Gasteiger partial charge in [-0.2, -0.15) is 0 Å². The van der Waals surface area contributed by atoms with Gasteiger partial charge in [-0.25, -0.2) is 0 Å². The van der Waals surface area contributed by atoms with Crippen molar-refractivity contribution in [3.05, 3.63) is 173 Å². The van der Waals surface area contributed by atoms with Crippen molar-refractivity contribution in [2.45, 2.75) is 13.8 Å². The van der Waals surface area contributed by atoms with Crippen LogP contribution in [0.25, 0.3) is 33.8 Å². The predicted molar refractivity (Wildman–Crippen MR) is 204 cm³/mol. The Hall–Kier alpha value is -6.95. The molecule has 0 bridgehead atoms. The highest BCUT2D eigenvalue weighted by atomic mass is 16.6. The Bertz CT molecular complexity index is 2210. The lowest BCUT2D eigenvalue weighted by atomic mass is 9.94. The molecular formula is C41H36N4O8. The van der Waals surface area contributed by atoms with Crippen molar-refractivity contribution in [2.24, 2.45) is 0 Å². The molecule has 0 radical (unpaired) electrons. The number of ketones is 2. The SMILES string of the molecule is Cc1ccc(C(=O)/C(=C\N(C)C)c2ccc(-c3cc(=O)cc(-c4ccc(/C(=C/N(C)C)C(=O)c5ccc(C)cc5)c([N+](=O)[O-])c4)o3)cc2[N+](=O)[O-])cc1. The van der Waals surface area contributed by atoms with E-state index in [9.17, 15) is 34.6 Å². The zero-order valence-corrected chi connectivity index (χ0v) is 29.9. The van der Waals surface area contributed by atoms with E-state index in [4.69, 9.17) is 4.42 Å². The Kier molecular flexibility index (Phi) is 10.9. The fourth-order valence-corrected chi connectivity index (χ4v) is 5.63. The van der Waals surface area contributed by atoms with E-state index < -0.39 is 38.2 Å². The third kappa shape index (κ3) is 8.51. The second-order valence-electron chi connectivity index (χ2n) is 12.9. The zero-order valence-electron chi connectivity index (χ0n) is 29.9. The van der Waals surface area contributed by atoms with Crippen molar-refractivity contribution in [3.63, 3.8) is 0 Å². The van der Waals surface area contributed by atoms with E-state index in [1.54, 1.807) is 86.5 Å². The monoisotopic (exact) mass is 712 g/mol. The largest absolute Gasteiger partial charge is 0.456 e. The summed E-state index contributed by atoms with van der Waals surface area (Å²) in [4.78, 5) is 67.1. The van der Waals surface area contributed by atoms with Gasteiger partial charge in [-0.3, -0.25) is 34.6 Å². The van der Waals surface area contributed by atoms with Crippen molar-refractivity contribution in [1.82, 2.24) is 9.80 Å². The average molecular weight is 713 g/mol. The summed E-state index contributed by atoms with van der Waals surface area (Å²) in [5.74, 6) is -0.922. The molecule has 5 aromatic rings. The molecule has 1 heterocycles. The fourth-order valence-electron chi connectivity index (χ4n) is 5.63. The van der Waals surface area contributed by atoms with Crippen LogP contribution < -0.4 is 5.43 Å². The van der Waals surface area contributed by atoms with Crippen LogP contribution >= 0.6 is 0 Å². The molecule has 12 heteroatoms. The van der Waals surface area contributed by atoms with Gasteiger partial charge < -0.3 is 14.2 Å². The number of carbonyl (C=O) groups excluding carboxylic acids is 2. The van der Waals surface area contributed by atoms with Gasteiger partial charge in [0.2, 0.25) is 0 Å². The van der Waals surface area contributed by atoms with Gasteiger partial charge in [-0.1, -0.05) is 71.8 Å². The molecule has 4 aromatic carbocycles. The molecule has 0 saturated carbocycles. The van der Waals surface area contributed by atoms with E-state index in [-0.39, 0.29) is 44.9 Å². The molecule has 0 amide bonds. The molecule has 1 aromatic heterocycles. The number of carbonyl (C=O) groups is 2. The number of nitrogens with zero attached hydrogens (tertiary/aromatic N) is 4. The number of Topliss-reactive ketones (excluding diaryl/α,β-unsaturated/α-hetero) is 2. The summed E-state index contributed by atoms with van der Waals surface area (Å²) in [5.41, 5.74) is 1.90. The first-order valence-corrected chi connectivity index (χ1v) is 16.4. The number of nitro groups is 2. The fraction of sp³-hybridized carbons (Fsp3) is 0.146. The van der Waals surface area contributed by atoms with Crippen molar-refractivity contribution >= 4 is 34.1 Å². The van der Waals surface area contributed by atoms with Gasteiger partial charge in [0.15, 0.2) is 17.0 Å². The second kappa shape index (κ2) is 15.5. The topological polar surface area (TPSA) is 157 Å². The number of hydrogen-bond acceptors (Lipinski definition) is 10. The Morgan fingerprint density at radius 3 is 1.26 bits per heavy atom. The van der Waals surface area contributed by atoms with Crippen molar-refractivity contribution < 1.29 is 23.9 Å².